The molecule has 0 aromatic carbocycles. The molecule has 0 aliphatic carbocycles. The van der Waals surface area contributed by atoms with Gasteiger partial charge in [-0.05, 0) is 31.1 Å². The first-order valence-corrected chi connectivity index (χ1v) is 7.96. The molecule has 1 heterocycles. The molecule has 1 aromatic heterocycles. The van der Waals surface area contributed by atoms with Crippen LogP contribution in [0.2, 0.25) is 0 Å². The van der Waals surface area contributed by atoms with E-state index in [1.165, 1.54) is 17.0 Å². The fourth-order valence-corrected chi connectivity index (χ4v) is 2.88. The SMILES string of the molecule is COCCNCC(C)(CCc1scnc1C)C(C)C. The van der Waals surface area contributed by atoms with E-state index in [-0.39, 0.29) is 0 Å². The molecule has 0 saturated carbocycles. The average Bonchev–Trinajstić information content (AvgIpc) is 2.78. The van der Waals surface area contributed by atoms with Gasteiger partial charge in [0.15, 0.2) is 0 Å². The third-order valence-electron chi connectivity index (χ3n) is 4.17. The van der Waals surface area contributed by atoms with Crippen molar-refractivity contribution >= 4 is 11.3 Å². The lowest BCUT2D eigenvalue weighted by molar-refractivity contribution is 0.168. The molecule has 0 aliphatic heterocycles. The van der Waals surface area contributed by atoms with Crippen molar-refractivity contribution in [3.63, 3.8) is 0 Å². The number of rotatable bonds is 9. The van der Waals surface area contributed by atoms with Crippen molar-refractivity contribution in [1.29, 1.82) is 0 Å². The number of aryl methyl sites for hydroxylation is 2. The summed E-state index contributed by atoms with van der Waals surface area (Å²) in [6, 6.07) is 0. The smallest absolute Gasteiger partial charge is 0.0797 e. The first kappa shape index (κ1) is 16.6. The maximum atomic E-state index is 5.08. The van der Waals surface area contributed by atoms with Crippen LogP contribution in [0.3, 0.4) is 0 Å². The van der Waals surface area contributed by atoms with Gasteiger partial charge in [0.1, 0.15) is 0 Å². The standard InChI is InChI=1S/C15H28N2OS/c1-12(2)15(4,10-16-8-9-18-5)7-6-14-13(3)17-11-19-14/h11-12,16H,6-10H2,1-5H3. The fraction of sp³-hybridized carbons (Fsp3) is 0.800. The summed E-state index contributed by atoms with van der Waals surface area (Å²) in [7, 11) is 1.75. The molecule has 3 nitrogen and oxygen atoms in total. The number of nitrogens with one attached hydrogen (secondary N) is 1. The van der Waals surface area contributed by atoms with Gasteiger partial charge in [-0.2, -0.15) is 0 Å². The molecule has 0 amide bonds. The number of hydrogen-bond acceptors (Lipinski definition) is 4. The van der Waals surface area contributed by atoms with Crippen LogP contribution < -0.4 is 5.32 Å². The monoisotopic (exact) mass is 284 g/mol. The minimum Gasteiger partial charge on any atom is -0.383 e. The molecule has 110 valence electrons. The third kappa shape index (κ3) is 5.21. The number of hydrogen-bond donors (Lipinski definition) is 1. The molecule has 0 radical (unpaired) electrons. The molecule has 0 bridgehead atoms. The second-order valence-corrected chi connectivity index (χ2v) is 6.78. The predicted molar refractivity (Wildman–Crippen MR) is 82.9 cm³/mol. The van der Waals surface area contributed by atoms with Gasteiger partial charge in [-0.15, -0.1) is 11.3 Å². The highest BCUT2D eigenvalue weighted by Crippen LogP contribution is 2.32. The molecule has 1 aromatic rings. The summed E-state index contributed by atoms with van der Waals surface area (Å²) in [5.74, 6) is 0.663. The minimum absolute atomic E-state index is 0.324. The molecule has 1 N–H and O–H groups in total. The Morgan fingerprint density at radius 3 is 2.74 bits per heavy atom. The van der Waals surface area contributed by atoms with Gasteiger partial charge in [-0.25, -0.2) is 4.98 Å². The molecule has 4 heteroatoms. The van der Waals surface area contributed by atoms with Gasteiger partial charge in [-0.3, -0.25) is 0 Å². The molecule has 1 rings (SSSR count). The maximum absolute atomic E-state index is 5.08. The molecule has 0 fully saturated rings. The van der Waals surface area contributed by atoms with Crippen molar-refractivity contribution in [3.05, 3.63) is 16.1 Å². The second-order valence-electron chi connectivity index (χ2n) is 5.84. The Kier molecular flexibility index (Phi) is 6.97. The van der Waals surface area contributed by atoms with Crippen LogP contribution >= 0.6 is 11.3 Å². The van der Waals surface area contributed by atoms with Gasteiger partial charge in [0.05, 0.1) is 17.8 Å². The van der Waals surface area contributed by atoms with Crippen LogP contribution in [0, 0.1) is 18.3 Å². The lowest BCUT2D eigenvalue weighted by Crippen LogP contribution is -2.37. The Bertz CT molecular complexity index is 365. The molecule has 1 atom stereocenters. The highest BCUT2D eigenvalue weighted by Gasteiger charge is 2.28. The van der Waals surface area contributed by atoms with Crippen LogP contribution in [0.15, 0.2) is 5.51 Å². The topological polar surface area (TPSA) is 34.1 Å². The van der Waals surface area contributed by atoms with Crippen LogP contribution in [0.5, 0.6) is 0 Å². The van der Waals surface area contributed by atoms with Gasteiger partial charge in [0.2, 0.25) is 0 Å². The first-order chi connectivity index (χ1) is 8.99. The zero-order chi connectivity index (χ0) is 14.3. The summed E-state index contributed by atoms with van der Waals surface area (Å²) in [6.07, 6.45) is 2.34. The number of aromatic nitrogens is 1. The van der Waals surface area contributed by atoms with Gasteiger partial charge < -0.3 is 10.1 Å². The first-order valence-electron chi connectivity index (χ1n) is 7.08. The molecule has 19 heavy (non-hydrogen) atoms. The Hall–Kier alpha value is -0.450. The van der Waals surface area contributed by atoms with Crippen LogP contribution in [-0.4, -0.2) is 31.8 Å². The van der Waals surface area contributed by atoms with Crippen molar-refractivity contribution < 1.29 is 4.74 Å². The van der Waals surface area contributed by atoms with Crippen molar-refractivity contribution in [2.75, 3.05) is 26.8 Å². The number of thiazole rings is 1. The van der Waals surface area contributed by atoms with Gasteiger partial charge >= 0.3 is 0 Å². The quantitative estimate of drug-likeness (QED) is 0.707. The Morgan fingerprint density at radius 2 is 2.21 bits per heavy atom. The summed E-state index contributed by atoms with van der Waals surface area (Å²) in [6.45, 7) is 11.9. The van der Waals surface area contributed by atoms with E-state index < -0.39 is 0 Å². The van der Waals surface area contributed by atoms with E-state index >= 15 is 0 Å². The maximum Gasteiger partial charge on any atom is 0.0797 e. The molecule has 0 spiro atoms. The van der Waals surface area contributed by atoms with Gasteiger partial charge in [0, 0.05) is 25.1 Å². The van der Waals surface area contributed by atoms with E-state index in [4.69, 9.17) is 4.74 Å². The molecular formula is C15H28N2OS. The molecule has 0 aliphatic rings. The van der Waals surface area contributed by atoms with Crippen molar-refractivity contribution in [2.45, 2.75) is 40.5 Å². The lowest BCUT2D eigenvalue weighted by Gasteiger charge is -2.34. The van der Waals surface area contributed by atoms with Crippen molar-refractivity contribution in [2.24, 2.45) is 11.3 Å². The lowest BCUT2D eigenvalue weighted by atomic mass is 9.75. The van der Waals surface area contributed by atoms with E-state index in [0.717, 1.165) is 26.1 Å². The van der Waals surface area contributed by atoms with Crippen molar-refractivity contribution in [1.82, 2.24) is 10.3 Å². The average molecular weight is 284 g/mol. The van der Waals surface area contributed by atoms with Gasteiger partial charge in [-0.1, -0.05) is 20.8 Å². The van der Waals surface area contributed by atoms with Gasteiger partial charge in [0.25, 0.3) is 0 Å². The highest BCUT2D eigenvalue weighted by molar-refractivity contribution is 7.09. The van der Waals surface area contributed by atoms with E-state index in [9.17, 15) is 0 Å². The zero-order valence-electron chi connectivity index (χ0n) is 13.0. The van der Waals surface area contributed by atoms with Crippen LogP contribution in [-0.2, 0) is 11.2 Å². The van der Waals surface area contributed by atoms with Crippen LogP contribution in [0.4, 0.5) is 0 Å². The third-order valence-corrected chi connectivity index (χ3v) is 5.17. The van der Waals surface area contributed by atoms with Crippen LogP contribution in [0.1, 0.15) is 37.8 Å². The Balaban J connectivity index is 2.49. The van der Waals surface area contributed by atoms with E-state index in [1.54, 1.807) is 18.4 Å². The summed E-state index contributed by atoms with van der Waals surface area (Å²) < 4.78 is 5.08. The van der Waals surface area contributed by atoms with Crippen LogP contribution in [0.25, 0.3) is 0 Å². The van der Waals surface area contributed by atoms with E-state index in [2.05, 4.69) is 38.0 Å². The van der Waals surface area contributed by atoms with E-state index in [1.807, 2.05) is 5.51 Å². The highest BCUT2D eigenvalue weighted by atomic mass is 32.1. The summed E-state index contributed by atoms with van der Waals surface area (Å²) in [5, 5.41) is 3.52. The second kappa shape index (κ2) is 7.98. The summed E-state index contributed by atoms with van der Waals surface area (Å²) >= 11 is 1.78. The molecule has 0 saturated heterocycles. The van der Waals surface area contributed by atoms with E-state index in [0.29, 0.717) is 11.3 Å². The summed E-state index contributed by atoms with van der Waals surface area (Å²) in [5.41, 5.74) is 3.47. The summed E-state index contributed by atoms with van der Waals surface area (Å²) in [4.78, 5) is 5.77. The van der Waals surface area contributed by atoms with Crippen molar-refractivity contribution in [3.8, 4) is 0 Å². The zero-order valence-corrected chi connectivity index (χ0v) is 13.8. The Morgan fingerprint density at radius 1 is 1.47 bits per heavy atom. The fourth-order valence-electron chi connectivity index (χ4n) is 2.09. The largest absolute Gasteiger partial charge is 0.383 e. The normalized spacial score (nSPS) is 14.8. The predicted octanol–water partition coefficient (Wildman–Crippen LogP) is 3.28. The Labute approximate surface area is 121 Å². The number of nitrogens with zero attached hydrogens (tertiary/aromatic N) is 1. The molecule has 1 unspecified atom stereocenters. The number of ether oxygens (including phenoxy) is 1. The minimum atomic E-state index is 0.324. The molecular weight excluding hydrogens is 256 g/mol. The number of methoxy groups -OCH3 is 1.